The Hall–Kier alpha value is -8.46. The molecule has 0 N–H and O–H groups in total. The van der Waals surface area contributed by atoms with Crippen molar-refractivity contribution in [2.75, 3.05) is 9.80 Å². The molecule has 0 saturated carbocycles. The Labute approximate surface area is 379 Å². The van der Waals surface area contributed by atoms with Crippen LogP contribution < -0.4 is 9.80 Å². The van der Waals surface area contributed by atoms with E-state index in [0.717, 1.165) is 22.7 Å². The first-order valence-corrected chi connectivity index (χ1v) is 22.5. The molecule has 11 aromatic rings. The van der Waals surface area contributed by atoms with Gasteiger partial charge in [-0.1, -0.05) is 182 Å². The summed E-state index contributed by atoms with van der Waals surface area (Å²) in [6.07, 6.45) is 0. The van der Waals surface area contributed by atoms with Gasteiger partial charge < -0.3 is 9.80 Å². The van der Waals surface area contributed by atoms with E-state index in [2.05, 4.69) is 265 Å². The van der Waals surface area contributed by atoms with Gasteiger partial charge >= 0.3 is 0 Å². The van der Waals surface area contributed by atoms with E-state index in [9.17, 15) is 0 Å². The standard InChI is InChI=1S/C63H42N2/c1-5-18-43(19-6-1)47-38-46-22-17-30-56-57-39-44-20-13-14-21-45(44)40-60(57)65(61(41-47)62(46)56)52-34-32-51(33-35-52)64(50-27-11-4-12-28-50)53-36-37-55-54-29-15-16-31-58(54)63(59(55)42-53,48-23-7-2-8-24-48)49-25-9-3-10-26-49/h1-42H. The third-order valence-electron chi connectivity index (χ3n) is 13.8. The van der Waals surface area contributed by atoms with Gasteiger partial charge in [0.2, 0.25) is 0 Å². The van der Waals surface area contributed by atoms with Gasteiger partial charge in [0, 0.05) is 33.7 Å². The smallest absolute Gasteiger partial charge is 0.0714 e. The molecule has 2 heteroatoms. The van der Waals surface area contributed by atoms with Gasteiger partial charge in [-0.2, -0.15) is 0 Å². The predicted octanol–water partition coefficient (Wildman–Crippen LogP) is 16.9. The lowest BCUT2D eigenvalue weighted by molar-refractivity contribution is 0.768. The lowest BCUT2D eigenvalue weighted by atomic mass is 9.67. The van der Waals surface area contributed by atoms with E-state index in [-0.39, 0.29) is 0 Å². The third-order valence-corrected chi connectivity index (χ3v) is 13.8. The van der Waals surface area contributed by atoms with E-state index in [1.807, 2.05) is 0 Å². The van der Waals surface area contributed by atoms with Crippen LogP contribution in [0.5, 0.6) is 0 Å². The Kier molecular flexibility index (Phi) is 8.47. The van der Waals surface area contributed by atoms with Crippen LogP contribution in [0.15, 0.2) is 255 Å². The van der Waals surface area contributed by atoms with Crippen LogP contribution >= 0.6 is 0 Å². The van der Waals surface area contributed by atoms with Gasteiger partial charge in [-0.05, 0) is 139 Å². The van der Waals surface area contributed by atoms with E-state index in [0.29, 0.717) is 0 Å². The van der Waals surface area contributed by atoms with Gasteiger partial charge in [0.15, 0.2) is 0 Å². The Balaban J connectivity index is 1.00. The van der Waals surface area contributed by atoms with Crippen LogP contribution in [0.25, 0.3) is 54.9 Å². The molecule has 0 aromatic heterocycles. The van der Waals surface area contributed by atoms with Crippen molar-refractivity contribution in [1.29, 1.82) is 0 Å². The van der Waals surface area contributed by atoms with Crippen molar-refractivity contribution in [2.45, 2.75) is 5.41 Å². The molecule has 0 fully saturated rings. The molecule has 0 radical (unpaired) electrons. The molecule has 1 aliphatic heterocycles. The zero-order chi connectivity index (χ0) is 42.9. The number of rotatable bonds is 7. The Morgan fingerprint density at radius 3 is 1.58 bits per heavy atom. The molecule has 0 unspecified atom stereocenters. The first-order chi connectivity index (χ1) is 32.2. The van der Waals surface area contributed by atoms with Crippen LogP contribution in [-0.4, -0.2) is 0 Å². The fraction of sp³-hybridized carbons (Fsp3) is 0.0159. The number of fused-ring (bicyclic) bond motifs is 6. The highest BCUT2D eigenvalue weighted by molar-refractivity contribution is 6.16. The quantitative estimate of drug-likeness (QED) is 0.158. The zero-order valence-electron chi connectivity index (χ0n) is 35.6. The SMILES string of the molecule is c1ccc(-c2cc3c4c(cccc4c2)-c2cc4ccccc4cc2N3c2ccc(N(c3ccccc3)c3ccc4c(c3)C(c3ccccc3)(c3ccccc3)c3ccccc3-4)cc2)cc1. The molecular weight excluding hydrogens is 785 g/mol. The normalized spacial score (nSPS) is 13.0. The lowest BCUT2D eigenvalue weighted by Crippen LogP contribution is -2.28. The van der Waals surface area contributed by atoms with E-state index in [4.69, 9.17) is 0 Å². The Morgan fingerprint density at radius 2 is 0.862 bits per heavy atom. The molecule has 11 aromatic carbocycles. The van der Waals surface area contributed by atoms with Crippen molar-refractivity contribution >= 4 is 55.7 Å². The van der Waals surface area contributed by atoms with Crippen LogP contribution in [0.4, 0.5) is 34.1 Å². The monoisotopic (exact) mass is 826 g/mol. The molecule has 2 nitrogen and oxygen atoms in total. The van der Waals surface area contributed by atoms with Crippen molar-refractivity contribution in [3.63, 3.8) is 0 Å². The highest BCUT2D eigenvalue weighted by atomic mass is 15.2. The summed E-state index contributed by atoms with van der Waals surface area (Å²) in [5.74, 6) is 0. The zero-order valence-corrected chi connectivity index (χ0v) is 35.6. The molecule has 1 heterocycles. The summed E-state index contributed by atoms with van der Waals surface area (Å²) in [4.78, 5) is 4.90. The molecule has 304 valence electrons. The molecule has 0 bridgehead atoms. The van der Waals surface area contributed by atoms with Crippen molar-refractivity contribution in [3.05, 3.63) is 277 Å². The van der Waals surface area contributed by atoms with Crippen LogP contribution in [0, 0.1) is 0 Å². The second-order valence-electron chi connectivity index (χ2n) is 17.3. The second kappa shape index (κ2) is 14.8. The van der Waals surface area contributed by atoms with Gasteiger partial charge in [0.25, 0.3) is 0 Å². The Morgan fingerprint density at radius 1 is 0.308 bits per heavy atom. The molecule has 0 amide bonds. The van der Waals surface area contributed by atoms with Crippen LogP contribution in [-0.2, 0) is 5.41 Å². The predicted molar refractivity (Wildman–Crippen MR) is 273 cm³/mol. The number of nitrogens with zero attached hydrogens (tertiary/aromatic N) is 2. The molecule has 2 aliphatic rings. The largest absolute Gasteiger partial charge is 0.310 e. The van der Waals surface area contributed by atoms with E-state index in [1.54, 1.807) is 0 Å². The van der Waals surface area contributed by atoms with E-state index >= 15 is 0 Å². The molecular formula is C63H42N2. The molecule has 13 rings (SSSR count). The molecule has 1 aliphatic carbocycles. The number of hydrogen-bond acceptors (Lipinski definition) is 2. The number of para-hydroxylation sites is 1. The molecule has 0 saturated heterocycles. The van der Waals surface area contributed by atoms with Gasteiger partial charge in [0.1, 0.15) is 0 Å². The third kappa shape index (κ3) is 5.74. The first kappa shape index (κ1) is 37.1. The molecule has 65 heavy (non-hydrogen) atoms. The van der Waals surface area contributed by atoms with E-state index < -0.39 is 5.41 Å². The minimum Gasteiger partial charge on any atom is -0.310 e. The van der Waals surface area contributed by atoms with Gasteiger partial charge in [-0.25, -0.2) is 0 Å². The number of anilines is 6. The van der Waals surface area contributed by atoms with Gasteiger partial charge in [0.05, 0.1) is 16.8 Å². The summed E-state index contributed by atoms with van der Waals surface area (Å²) in [6, 6.07) is 93.9. The fourth-order valence-corrected chi connectivity index (χ4v) is 11.0. The lowest BCUT2D eigenvalue weighted by Gasteiger charge is -2.35. The maximum Gasteiger partial charge on any atom is 0.0714 e. The van der Waals surface area contributed by atoms with Crippen molar-refractivity contribution in [1.82, 2.24) is 0 Å². The van der Waals surface area contributed by atoms with Crippen LogP contribution in [0.2, 0.25) is 0 Å². The highest BCUT2D eigenvalue weighted by Gasteiger charge is 2.46. The first-order valence-electron chi connectivity index (χ1n) is 22.5. The minimum absolute atomic E-state index is 0.502. The van der Waals surface area contributed by atoms with Crippen molar-refractivity contribution in [3.8, 4) is 33.4 Å². The summed E-state index contributed by atoms with van der Waals surface area (Å²) < 4.78 is 0. The highest BCUT2D eigenvalue weighted by Crippen LogP contribution is 2.58. The fourth-order valence-electron chi connectivity index (χ4n) is 11.0. The summed E-state index contributed by atoms with van der Waals surface area (Å²) in [5.41, 5.74) is 18.8. The summed E-state index contributed by atoms with van der Waals surface area (Å²) in [5, 5.41) is 4.96. The summed E-state index contributed by atoms with van der Waals surface area (Å²) >= 11 is 0. The van der Waals surface area contributed by atoms with Gasteiger partial charge in [-0.3, -0.25) is 0 Å². The summed E-state index contributed by atoms with van der Waals surface area (Å²) in [7, 11) is 0. The van der Waals surface area contributed by atoms with Crippen molar-refractivity contribution in [2.24, 2.45) is 0 Å². The summed E-state index contributed by atoms with van der Waals surface area (Å²) in [6.45, 7) is 0. The topological polar surface area (TPSA) is 6.48 Å². The maximum atomic E-state index is 2.49. The van der Waals surface area contributed by atoms with Gasteiger partial charge in [-0.15, -0.1) is 0 Å². The van der Waals surface area contributed by atoms with E-state index in [1.165, 1.54) is 88.6 Å². The van der Waals surface area contributed by atoms with Crippen LogP contribution in [0.3, 0.4) is 0 Å². The molecule has 0 spiro atoms. The average molecular weight is 827 g/mol. The Bertz CT molecular complexity index is 3540. The number of benzene rings is 11. The van der Waals surface area contributed by atoms with Crippen molar-refractivity contribution < 1.29 is 0 Å². The average Bonchev–Trinajstić information content (AvgIpc) is 3.68. The number of hydrogen-bond donors (Lipinski definition) is 0. The van der Waals surface area contributed by atoms with Crippen LogP contribution in [0.1, 0.15) is 22.3 Å². The molecule has 0 atom stereocenters. The second-order valence-corrected chi connectivity index (χ2v) is 17.3. The minimum atomic E-state index is -0.502. The maximum absolute atomic E-state index is 2.49.